The Morgan fingerprint density at radius 1 is 1.18 bits per heavy atom. The van der Waals surface area contributed by atoms with Crippen molar-refractivity contribution in [2.24, 2.45) is 0 Å². The summed E-state index contributed by atoms with van der Waals surface area (Å²) in [4.78, 5) is 13.0. The first-order valence-corrected chi connectivity index (χ1v) is 10.5. The molecule has 0 amide bonds. The number of halogens is 1. The van der Waals surface area contributed by atoms with Gasteiger partial charge in [0.2, 0.25) is 0 Å². The zero-order valence-corrected chi connectivity index (χ0v) is 16.6. The second kappa shape index (κ2) is 8.22. The van der Waals surface area contributed by atoms with Crippen LogP contribution < -0.4 is 5.32 Å². The molecule has 1 aliphatic heterocycles. The fourth-order valence-corrected chi connectivity index (χ4v) is 3.95. The SMILES string of the molecule is CSC[C@H]1O[C@@H](n2cnc3c(NCc4ccc(Cl)cc4)ncnc32)[C@H](O)[C@@H]1O. The van der Waals surface area contributed by atoms with E-state index in [-0.39, 0.29) is 0 Å². The van der Waals surface area contributed by atoms with Gasteiger partial charge in [0.25, 0.3) is 0 Å². The van der Waals surface area contributed by atoms with E-state index < -0.39 is 24.5 Å². The van der Waals surface area contributed by atoms with E-state index in [4.69, 9.17) is 16.3 Å². The number of fused-ring (bicyclic) bond motifs is 1. The van der Waals surface area contributed by atoms with Crippen molar-refractivity contribution in [2.75, 3.05) is 17.3 Å². The molecule has 2 aromatic heterocycles. The molecule has 4 atom stereocenters. The number of aliphatic hydroxyl groups excluding tert-OH is 2. The maximum Gasteiger partial charge on any atom is 0.167 e. The third kappa shape index (κ3) is 3.68. The monoisotopic (exact) mass is 421 g/mol. The maximum atomic E-state index is 10.4. The molecule has 0 saturated carbocycles. The number of ether oxygens (including phenoxy) is 1. The smallest absolute Gasteiger partial charge is 0.167 e. The van der Waals surface area contributed by atoms with Crippen LogP contribution in [-0.2, 0) is 11.3 Å². The highest BCUT2D eigenvalue weighted by Gasteiger charge is 2.44. The second-order valence-electron chi connectivity index (χ2n) is 6.53. The Labute approximate surface area is 170 Å². The Morgan fingerprint density at radius 2 is 1.96 bits per heavy atom. The molecule has 1 saturated heterocycles. The zero-order valence-electron chi connectivity index (χ0n) is 15.1. The number of hydrogen-bond acceptors (Lipinski definition) is 8. The second-order valence-corrected chi connectivity index (χ2v) is 7.88. The lowest BCUT2D eigenvalue weighted by molar-refractivity contribution is -0.0288. The van der Waals surface area contributed by atoms with Crippen LogP contribution in [0.15, 0.2) is 36.9 Å². The Bertz CT molecular complexity index is 954. The van der Waals surface area contributed by atoms with E-state index in [1.54, 1.807) is 22.7 Å². The summed E-state index contributed by atoms with van der Waals surface area (Å²) < 4.78 is 7.51. The van der Waals surface area contributed by atoms with Gasteiger partial charge in [0, 0.05) is 17.3 Å². The summed E-state index contributed by atoms with van der Waals surface area (Å²) in [5.74, 6) is 1.16. The Balaban J connectivity index is 1.57. The van der Waals surface area contributed by atoms with Gasteiger partial charge in [-0.2, -0.15) is 11.8 Å². The first kappa shape index (κ1) is 19.4. The lowest BCUT2D eigenvalue weighted by Gasteiger charge is -2.16. The molecule has 0 radical (unpaired) electrons. The van der Waals surface area contributed by atoms with E-state index >= 15 is 0 Å². The van der Waals surface area contributed by atoms with E-state index in [1.165, 1.54) is 6.33 Å². The Morgan fingerprint density at radius 3 is 2.71 bits per heavy atom. The topological polar surface area (TPSA) is 105 Å². The summed E-state index contributed by atoms with van der Waals surface area (Å²) in [6.07, 6.45) is 1.69. The average molecular weight is 422 g/mol. The molecule has 1 fully saturated rings. The quantitative estimate of drug-likeness (QED) is 0.555. The van der Waals surface area contributed by atoms with Crippen molar-refractivity contribution in [2.45, 2.75) is 31.1 Å². The third-order valence-corrected chi connectivity index (χ3v) is 5.59. The predicted octanol–water partition coefficient (Wildman–Crippen LogP) is 2.07. The minimum atomic E-state index is -1.06. The van der Waals surface area contributed by atoms with Crippen LogP contribution in [-0.4, -0.2) is 60.1 Å². The Hall–Kier alpha value is -1.91. The molecule has 148 valence electrons. The molecule has 8 nitrogen and oxygen atoms in total. The van der Waals surface area contributed by atoms with Gasteiger partial charge in [-0.05, 0) is 24.0 Å². The van der Waals surface area contributed by atoms with Crippen molar-refractivity contribution < 1.29 is 14.9 Å². The van der Waals surface area contributed by atoms with Gasteiger partial charge in [-0.3, -0.25) is 4.57 Å². The van der Waals surface area contributed by atoms with Gasteiger partial charge in [-0.25, -0.2) is 15.0 Å². The zero-order chi connectivity index (χ0) is 19.7. The number of aliphatic hydroxyl groups is 2. The molecule has 1 aromatic carbocycles. The first-order chi connectivity index (χ1) is 13.6. The van der Waals surface area contributed by atoms with Gasteiger partial charge < -0.3 is 20.3 Å². The highest BCUT2D eigenvalue weighted by molar-refractivity contribution is 7.98. The normalized spacial score (nSPS) is 24.7. The molecular weight excluding hydrogens is 402 g/mol. The molecule has 0 aliphatic carbocycles. The number of thioether (sulfide) groups is 1. The molecule has 0 unspecified atom stereocenters. The molecule has 3 N–H and O–H groups in total. The minimum absolute atomic E-state index is 0.447. The van der Waals surface area contributed by atoms with Crippen LogP contribution in [0.1, 0.15) is 11.8 Å². The van der Waals surface area contributed by atoms with E-state index in [2.05, 4.69) is 20.3 Å². The van der Waals surface area contributed by atoms with Gasteiger partial charge in [0.1, 0.15) is 18.5 Å². The van der Waals surface area contributed by atoms with E-state index in [9.17, 15) is 10.2 Å². The van der Waals surface area contributed by atoms with E-state index in [0.717, 1.165) is 5.56 Å². The summed E-state index contributed by atoms with van der Waals surface area (Å²) in [6, 6.07) is 7.53. The standard InChI is InChI=1S/C18H20ClN5O3S/c1-28-7-12-14(25)15(26)18(27-12)24-9-23-13-16(21-8-22-17(13)24)20-6-10-2-4-11(19)5-3-10/h2-5,8-9,12,14-15,18,25-26H,6-7H2,1H3,(H,20,21,22)/t12-,14-,15-,18-/m1/s1. The van der Waals surface area contributed by atoms with Crippen molar-refractivity contribution in [1.29, 1.82) is 0 Å². The van der Waals surface area contributed by atoms with Gasteiger partial charge in [-0.15, -0.1) is 0 Å². The van der Waals surface area contributed by atoms with Crippen molar-refractivity contribution in [3.8, 4) is 0 Å². The first-order valence-electron chi connectivity index (χ1n) is 8.75. The maximum absolute atomic E-state index is 10.4. The van der Waals surface area contributed by atoms with Crippen molar-refractivity contribution >= 4 is 40.3 Å². The summed E-state index contributed by atoms with van der Waals surface area (Å²) in [7, 11) is 0. The molecular formula is C18H20ClN5O3S. The van der Waals surface area contributed by atoms with Crippen LogP contribution in [0, 0.1) is 0 Å². The van der Waals surface area contributed by atoms with Crippen LogP contribution in [0.4, 0.5) is 5.82 Å². The van der Waals surface area contributed by atoms with Crippen molar-refractivity contribution in [1.82, 2.24) is 19.5 Å². The van der Waals surface area contributed by atoms with E-state index in [0.29, 0.717) is 34.3 Å². The molecule has 3 heterocycles. The number of benzene rings is 1. The van der Waals surface area contributed by atoms with Gasteiger partial charge in [0.15, 0.2) is 23.2 Å². The van der Waals surface area contributed by atoms with Crippen LogP contribution in [0.25, 0.3) is 11.2 Å². The molecule has 0 bridgehead atoms. The summed E-state index contributed by atoms with van der Waals surface area (Å²) in [5.41, 5.74) is 2.14. The molecule has 28 heavy (non-hydrogen) atoms. The fraction of sp³-hybridized carbons (Fsp3) is 0.389. The number of aromatic nitrogens is 4. The lowest BCUT2D eigenvalue weighted by Crippen LogP contribution is -2.32. The van der Waals surface area contributed by atoms with Crippen LogP contribution >= 0.6 is 23.4 Å². The van der Waals surface area contributed by atoms with Crippen LogP contribution in [0.2, 0.25) is 5.02 Å². The number of hydrogen-bond donors (Lipinski definition) is 3. The number of rotatable bonds is 6. The van der Waals surface area contributed by atoms with Crippen molar-refractivity contribution in [3.05, 3.63) is 47.5 Å². The third-order valence-electron chi connectivity index (χ3n) is 4.67. The number of nitrogens with zero attached hydrogens (tertiary/aromatic N) is 4. The summed E-state index contributed by atoms with van der Waals surface area (Å²) in [5, 5.41) is 24.6. The predicted molar refractivity (Wildman–Crippen MR) is 108 cm³/mol. The average Bonchev–Trinajstić information content (AvgIpc) is 3.25. The van der Waals surface area contributed by atoms with Gasteiger partial charge >= 0.3 is 0 Å². The molecule has 4 rings (SSSR count). The number of imidazole rings is 1. The van der Waals surface area contributed by atoms with Crippen LogP contribution in [0.3, 0.4) is 0 Å². The minimum Gasteiger partial charge on any atom is -0.387 e. The fourth-order valence-electron chi connectivity index (χ4n) is 3.22. The number of nitrogens with one attached hydrogen (secondary N) is 1. The summed E-state index contributed by atoms with van der Waals surface area (Å²) >= 11 is 7.47. The largest absolute Gasteiger partial charge is 0.387 e. The molecule has 3 aromatic rings. The van der Waals surface area contributed by atoms with Gasteiger partial charge in [0.05, 0.1) is 12.4 Å². The highest BCUT2D eigenvalue weighted by Crippen LogP contribution is 2.33. The highest BCUT2D eigenvalue weighted by atomic mass is 35.5. The molecule has 1 aliphatic rings. The Kier molecular flexibility index (Phi) is 5.70. The van der Waals surface area contributed by atoms with Crippen LogP contribution in [0.5, 0.6) is 0 Å². The number of anilines is 1. The van der Waals surface area contributed by atoms with Crippen molar-refractivity contribution in [3.63, 3.8) is 0 Å². The lowest BCUT2D eigenvalue weighted by atomic mass is 10.1. The van der Waals surface area contributed by atoms with Gasteiger partial charge in [-0.1, -0.05) is 23.7 Å². The summed E-state index contributed by atoms with van der Waals surface area (Å²) in [6.45, 7) is 0.549. The molecule has 0 spiro atoms. The molecule has 10 heteroatoms. The van der Waals surface area contributed by atoms with E-state index in [1.807, 2.05) is 30.5 Å².